The molecule has 1 saturated heterocycles. The van der Waals surface area contributed by atoms with Crippen LogP contribution in [0.25, 0.3) is 0 Å². The Morgan fingerprint density at radius 3 is 3.07 bits per heavy atom. The van der Waals surface area contributed by atoms with Crippen LogP contribution in [0.15, 0.2) is 17.3 Å². The molecule has 1 aliphatic rings. The Morgan fingerprint density at radius 2 is 2.50 bits per heavy atom. The van der Waals surface area contributed by atoms with Gasteiger partial charge in [0.25, 0.3) is 0 Å². The first-order chi connectivity index (χ1) is 6.76. The number of amides is 1. The fourth-order valence-corrected chi connectivity index (χ4v) is 1.49. The van der Waals surface area contributed by atoms with Crippen molar-refractivity contribution < 1.29 is 9.53 Å². The number of carbonyl (C=O) groups is 1. The van der Waals surface area contributed by atoms with E-state index in [1.807, 2.05) is 0 Å². The van der Waals surface area contributed by atoms with E-state index in [0.29, 0.717) is 12.6 Å². The minimum atomic E-state index is -0.729. The molecular weight excluding hydrogens is 184 g/mol. The third-order valence-electron chi connectivity index (χ3n) is 2.28. The lowest BCUT2D eigenvalue weighted by molar-refractivity contribution is -0.113. The summed E-state index contributed by atoms with van der Waals surface area (Å²) in [6.45, 7) is 2.51. The number of nitroso groups, excluding NO2 is 1. The van der Waals surface area contributed by atoms with Gasteiger partial charge in [-0.3, -0.25) is 9.69 Å². The molecule has 0 N–H and O–H groups in total. The van der Waals surface area contributed by atoms with Crippen molar-refractivity contribution in [2.75, 3.05) is 26.7 Å². The van der Waals surface area contributed by atoms with E-state index in [-0.39, 0.29) is 0 Å². The monoisotopic (exact) mass is 198 g/mol. The molecule has 0 aromatic rings. The molecule has 0 aromatic heterocycles. The second kappa shape index (κ2) is 5.62. The summed E-state index contributed by atoms with van der Waals surface area (Å²) >= 11 is 0. The maximum Gasteiger partial charge on any atom is 0.309 e. The molecule has 1 heterocycles. The average molecular weight is 198 g/mol. The van der Waals surface area contributed by atoms with Crippen molar-refractivity contribution in [2.24, 2.45) is 5.18 Å². The number of hydrogen-bond donors (Lipinski definition) is 0. The van der Waals surface area contributed by atoms with Gasteiger partial charge in [-0.1, -0.05) is 6.08 Å². The average Bonchev–Trinajstić information content (AvgIpc) is 2.65. The van der Waals surface area contributed by atoms with Gasteiger partial charge in [-0.15, -0.1) is 4.91 Å². The van der Waals surface area contributed by atoms with Gasteiger partial charge in [0.15, 0.2) is 0 Å². The largest absolute Gasteiger partial charge is 0.380 e. The van der Waals surface area contributed by atoms with Gasteiger partial charge in [-0.25, -0.2) is 0 Å². The first-order valence-electron chi connectivity index (χ1n) is 4.55. The van der Waals surface area contributed by atoms with E-state index < -0.39 is 5.91 Å². The topological polar surface area (TPSA) is 59.0 Å². The highest BCUT2D eigenvalue weighted by Crippen LogP contribution is 2.10. The standard InChI is InChI=1S/C9H14N2O3/c1-14-8-4-6-11(7-8)5-2-3-9(12)10-13/h2-3,8H,4-7H2,1H3/b3-2+/t8-/m1/s1. The summed E-state index contributed by atoms with van der Waals surface area (Å²) in [6.07, 6.45) is 4.17. The van der Waals surface area contributed by atoms with Crippen molar-refractivity contribution in [1.82, 2.24) is 4.90 Å². The van der Waals surface area contributed by atoms with E-state index in [9.17, 15) is 9.70 Å². The predicted molar refractivity (Wildman–Crippen MR) is 51.8 cm³/mol. The van der Waals surface area contributed by atoms with Crippen LogP contribution in [0.5, 0.6) is 0 Å². The smallest absolute Gasteiger partial charge is 0.309 e. The molecule has 1 atom stereocenters. The van der Waals surface area contributed by atoms with Gasteiger partial charge in [0.2, 0.25) is 0 Å². The fourth-order valence-electron chi connectivity index (χ4n) is 1.49. The van der Waals surface area contributed by atoms with Gasteiger partial charge < -0.3 is 4.74 Å². The predicted octanol–water partition coefficient (Wildman–Crippen LogP) is 0.556. The van der Waals surface area contributed by atoms with E-state index in [4.69, 9.17) is 4.74 Å². The molecule has 1 fully saturated rings. The number of methoxy groups -OCH3 is 1. The Hall–Kier alpha value is -1.07. The van der Waals surface area contributed by atoms with Crippen LogP contribution in [0.3, 0.4) is 0 Å². The SMILES string of the molecule is CO[C@@H]1CCN(C/C=C/C(=O)N=O)C1. The van der Waals surface area contributed by atoms with Crippen LogP contribution < -0.4 is 0 Å². The number of likely N-dealkylation sites (tertiary alicyclic amines) is 1. The van der Waals surface area contributed by atoms with Crippen molar-refractivity contribution in [2.45, 2.75) is 12.5 Å². The molecule has 0 spiro atoms. The molecular formula is C9H14N2O3. The van der Waals surface area contributed by atoms with E-state index in [1.54, 1.807) is 13.2 Å². The van der Waals surface area contributed by atoms with Crippen LogP contribution in [-0.4, -0.2) is 43.7 Å². The Bertz CT molecular complexity index is 240. The van der Waals surface area contributed by atoms with Gasteiger partial charge in [0.1, 0.15) is 0 Å². The third kappa shape index (κ3) is 3.35. The molecule has 0 unspecified atom stereocenters. The third-order valence-corrected chi connectivity index (χ3v) is 2.28. The maximum absolute atomic E-state index is 10.5. The fraction of sp³-hybridized carbons (Fsp3) is 0.667. The molecule has 1 aliphatic heterocycles. The van der Waals surface area contributed by atoms with Crippen molar-refractivity contribution in [3.8, 4) is 0 Å². The summed E-state index contributed by atoms with van der Waals surface area (Å²) in [4.78, 5) is 22.4. The lowest BCUT2D eigenvalue weighted by atomic mass is 10.3. The van der Waals surface area contributed by atoms with Crippen LogP contribution in [0.1, 0.15) is 6.42 Å². The molecule has 78 valence electrons. The number of rotatable bonds is 4. The zero-order valence-corrected chi connectivity index (χ0v) is 8.18. The summed E-state index contributed by atoms with van der Waals surface area (Å²) in [6, 6.07) is 0. The van der Waals surface area contributed by atoms with Crippen molar-refractivity contribution in [1.29, 1.82) is 0 Å². The van der Waals surface area contributed by atoms with Gasteiger partial charge >= 0.3 is 5.91 Å². The molecule has 0 aromatic carbocycles. The van der Waals surface area contributed by atoms with Crippen LogP contribution in [-0.2, 0) is 9.53 Å². The molecule has 0 saturated carbocycles. The van der Waals surface area contributed by atoms with Crippen molar-refractivity contribution >= 4 is 5.91 Å². The lowest BCUT2D eigenvalue weighted by Gasteiger charge is -2.12. The highest BCUT2D eigenvalue weighted by atomic mass is 16.5. The first kappa shape index (κ1) is 11.0. The Kier molecular flexibility index (Phi) is 4.42. The quantitative estimate of drug-likeness (QED) is 0.489. The summed E-state index contributed by atoms with van der Waals surface area (Å²) in [5.74, 6) is -0.729. The van der Waals surface area contributed by atoms with E-state index >= 15 is 0 Å². The normalized spacial score (nSPS) is 23.1. The van der Waals surface area contributed by atoms with E-state index in [2.05, 4.69) is 10.1 Å². The van der Waals surface area contributed by atoms with E-state index in [1.165, 1.54) is 6.08 Å². The Morgan fingerprint density at radius 1 is 1.71 bits per heavy atom. The number of ether oxygens (including phenoxy) is 1. The summed E-state index contributed by atoms with van der Waals surface area (Å²) in [5.41, 5.74) is 0. The summed E-state index contributed by atoms with van der Waals surface area (Å²) in [7, 11) is 1.70. The van der Waals surface area contributed by atoms with Gasteiger partial charge in [0, 0.05) is 38.0 Å². The van der Waals surface area contributed by atoms with Gasteiger partial charge in [-0.2, -0.15) is 0 Å². The molecule has 14 heavy (non-hydrogen) atoms. The molecule has 0 bridgehead atoms. The van der Waals surface area contributed by atoms with E-state index in [0.717, 1.165) is 19.5 Å². The first-order valence-corrected chi connectivity index (χ1v) is 4.55. The van der Waals surface area contributed by atoms with Crippen LogP contribution in [0, 0.1) is 4.91 Å². The van der Waals surface area contributed by atoms with Crippen molar-refractivity contribution in [3.05, 3.63) is 17.1 Å². The highest BCUT2D eigenvalue weighted by molar-refractivity contribution is 5.88. The maximum atomic E-state index is 10.5. The minimum Gasteiger partial charge on any atom is -0.380 e. The molecule has 1 amide bonds. The Balaban J connectivity index is 2.23. The molecule has 0 radical (unpaired) electrons. The second-order valence-corrected chi connectivity index (χ2v) is 3.24. The highest BCUT2D eigenvalue weighted by Gasteiger charge is 2.20. The second-order valence-electron chi connectivity index (χ2n) is 3.24. The van der Waals surface area contributed by atoms with Crippen LogP contribution in [0.2, 0.25) is 0 Å². The number of nitrogens with zero attached hydrogens (tertiary/aromatic N) is 2. The van der Waals surface area contributed by atoms with Crippen LogP contribution >= 0.6 is 0 Å². The lowest BCUT2D eigenvalue weighted by Crippen LogP contribution is -2.22. The molecule has 0 aliphatic carbocycles. The summed E-state index contributed by atoms with van der Waals surface area (Å²) < 4.78 is 5.19. The summed E-state index contributed by atoms with van der Waals surface area (Å²) in [5, 5.41) is 2.26. The van der Waals surface area contributed by atoms with Crippen LogP contribution in [0.4, 0.5) is 0 Å². The molecule has 5 nitrogen and oxygen atoms in total. The minimum absolute atomic E-state index is 0.295. The van der Waals surface area contributed by atoms with Gasteiger partial charge in [-0.05, 0) is 6.42 Å². The Labute approximate surface area is 82.7 Å². The number of carbonyl (C=O) groups excluding carboxylic acids is 1. The van der Waals surface area contributed by atoms with Gasteiger partial charge in [0.05, 0.1) is 6.10 Å². The molecule has 5 heteroatoms. The van der Waals surface area contributed by atoms with Crippen molar-refractivity contribution in [3.63, 3.8) is 0 Å². The number of hydrogen-bond acceptors (Lipinski definition) is 4. The zero-order valence-electron chi connectivity index (χ0n) is 8.18. The zero-order chi connectivity index (χ0) is 10.4. The molecule has 1 rings (SSSR count).